The van der Waals surface area contributed by atoms with Crippen LogP contribution in [0.25, 0.3) is 5.57 Å². The summed E-state index contributed by atoms with van der Waals surface area (Å²) in [6.07, 6.45) is 7.90. The lowest BCUT2D eigenvalue weighted by Crippen LogP contribution is -2.27. The van der Waals surface area contributed by atoms with E-state index in [-0.39, 0.29) is 0 Å². The molecule has 1 fully saturated rings. The molecular formula is C15H17N3. The van der Waals surface area contributed by atoms with E-state index in [0.717, 1.165) is 30.1 Å². The fraction of sp³-hybridized carbons (Fsp3) is 0.467. The highest BCUT2D eigenvalue weighted by atomic mass is 14.9. The summed E-state index contributed by atoms with van der Waals surface area (Å²) in [5, 5.41) is 12.6. The molecule has 1 N–H and O–H groups in total. The lowest BCUT2D eigenvalue weighted by atomic mass is 9.84. The quantitative estimate of drug-likeness (QED) is 0.818. The molecule has 1 aromatic rings. The number of rotatable bonds is 1. The second kappa shape index (κ2) is 4.55. The second-order valence-corrected chi connectivity index (χ2v) is 5.23. The normalized spacial score (nSPS) is 26.3. The summed E-state index contributed by atoms with van der Waals surface area (Å²) in [6, 6.07) is 4.72. The van der Waals surface area contributed by atoms with Crippen LogP contribution in [0.2, 0.25) is 0 Å². The van der Waals surface area contributed by atoms with Gasteiger partial charge in [0, 0.05) is 12.2 Å². The Hall–Kier alpha value is -1.66. The van der Waals surface area contributed by atoms with Crippen LogP contribution in [0.4, 0.5) is 0 Å². The zero-order valence-electron chi connectivity index (χ0n) is 10.6. The first kappa shape index (κ1) is 11.4. The molecule has 92 valence electrons. The fourth-order valence-electron chi connectivity index (χ4n) is 3.00. The van der Waals surface area contributed by atoms with Crippen molar-refractivity contribution in [3.63, 3.8) is 0 Å². The molecule has 1 aliphatic carbocycles. The third kappa shape index (κ3) is 1.93. The van der Waals surface area contributed by atoms with Crippen molar-refractivity contribution >= 4 is 5.57 Å². The Balaban J connectivity index is 1.93. The van der Waals surface area contributed by atoms with Crippen molar-refractivity contribution in [3.8, 4) is 6.07 Å². The Morgan fingerprint density at radius 3 is 3.17 bits per heavy atom. The molecule has 0 radical (unpaired) electrons. The summed E-state index contributed by atoms with van der Waals surface area (Å²) in [4.78, 5) is 4.33. The molecule has 0 bridgehead atoms. The Morgan fingerprint density at radius 2 is 2.33 bits per heavy atom. The number of hydrogen-bond acceptors (Lipinski definition) is 3. The molecule has 2 atom stereocenters. The molecule has 3 rings (SSSR count). The van der Waals surface area contributed by atoms with Crippen molar-refractivity contribution in [3.05, 3.63) is 35.2 Å². The Morgan fingerprint density at radius 1 is 1.44 bits per heavy atom. The maximum absolute atomic E-state index is 9.07. The van der Waals surface area contributed by atoms with Gasteiger partial charge in [-0.25, -0.2) is 0 Å². The second-order valence-electron chi connectivity index (χ2n) is 5.23. The number of pyridine rings is 1. The molecule has 2 heterocycles. The topological polar surface area (TPSA) is 48.7 Å². The number of nitrogens with one attached hydrogen (secondary N) is 1. The lowest BCUT2D eigenvalue weighted by Gasteiger charge is -2.24. The standard InChI is InChI=1S/C15H17N3/c1-10-13(8-16)6-14(9-18-10)12-3-2-11-4-5-17-15(11)7-12/h6-7,9,11,15,17H,2-5H2,1H3. The molecular weight excluding hydrogens is 222 g/mol. The van der Waals surface area contributed by atoms with Crippen LogP contribution in [0.1, 0.15) is 36.1 Å². The monoisotopic (exact) mass is 239 g/mol. The first-order chi connectivity index (χ1) is 8.78. The highest BCUT2D eigenvalue weighted by molar-refractivity contribution is 5.68. The van der Waals surface area contributed by atoms with Gasteiger partial charge in [0.2, 0.25) is 0 Å². The maximum Gasteiger partial charge on any atom is 0.101 e. The Bertz CT molecular complexity index is 539. The van der Waals surface area contributed by atoms with Crippen molar-refractivity contribution in [1.82, 2.24) is 10.3 Å². The number of hydrogen-bond donors (Lipinski definition) is 1. The zero-order valence-corrected chi connectivity index (χ0v) is 10.6. The van der Waals surface area contributed by atoms with Gasteiger partial charge in [-0.2, -0.15) is 5.26 Å². The summed E-state index contributed by atoms with van der Waals surface area (Å²) in [6.45, 7) is 3.01. The molecule has 0 aromatic carbocycles. The number of fused-ring (bicyclic) bond motifs is 1. The molecule has 2 aliphatic rings. The van der Waals surface area contributed by atoms with Gasteiger partial charge >= 0.3 is 0 Å². The van der Waals surface area contributed by atoms with Crippen LogP contribution in [0.15, 0.2) is 18.3 Å². The van der Waals surface area contributed by atoms with Gasteiger partial charge in [-0.05, 0) is 55.9 Å². The van der Waals surface area contributed by atoms with Crippen molar-refractivity contribution in [2.24, 2.45) is 5.92 Å². The van der Waals surface area contributed by atoms with Crippen LogP contribution in [0.3, 0.4) is 0 Å². The fourth-order valence-corrected chi connectivity index (χ4v) is 3.00. The van der Waals surface area contributed by atoms with Crippen LogP contribution < -0.4 is 5.32 Å². The molecule has 3 nitrogen and oxygen atoms in total. The number of aromatic nitrogens is 1. The molecule has 1 aromatic heterocycles. The van der Waals surface area contributed by atoms with Crippen molar-refractivity contribution in [1.29, 1.82) is 5.26 Å². The van der Waals surface area contributed by atoms with E-state index in [4.69, 9.17) is 5.26 Å². The molecule has 18 heavy (non-hydrogen) atoms. The van der Waals surface area contributed by atoms with Crippen LogP contribution in [0, 0.1) is 24.2 Å². The molecule has 3 heteroatoms. The van der Waals surface area contributed by atoms with Crippen molar-refractivity contribution < 1.29 is 0 Å². The number of aryl methyl sites for hydroxylation is 1. The Kier molecular flexibility index (Phi) is 2.89. The first-order valence-corrected chi connectivity index (χ1v) is 6.59. The molecule has 0 spiro atoms. The minimum absolute atomic E-state index is 0.528. The number of allylic oxidation sites excluding steroid dienone is 1. The molecule has 2 unspecified atom stereocenters. The zero-order chi connectivity index (χ0) is 12.5. The largest absolute Gasteiger partial charge is 0.310 e. The van der Waals surface area contributed by atoms with E-state index >= 15 is 0 Å². The SMILES string of the molecule is Cc1ncc(C2=CC3NCCC3CC2)cc1C#N. The third-order valence-electron chi connectivity index (χ3n) is 4.15. The van der Waals surface area contributed by atoms with E-state index < -0.39 is 0 Å². The summed E-state index contributed by atoms with van der Waals surface area (Å²) in [5.74, 6) is 0.808. The summed E-state index contributed by atoms with van der Waals surface area (Å²) >= 11 is 0. The molecule has 1 aliphatic heterocycles. The molecule has 0 amide bonds. The van der Waals surface area contributed by atoms with E-state index in [9.17, 15) is 0 Å². The van der Waals surface area contributed by atoms with E-state index in [1.54, 1.807) is 0 Å². The highest BCUT2D eigenvalue weighted by Crippen LogP contribution is 2.34. The van der Waals surface area contributed by atoms with E-state index in [1.165, 1.54) is 18.4 Å². The predicted octanol–water partition coefficient (Wildman–Crippen LogP) is 2.42. The van der Waals surface area contributed by atoms with E-state index in [1.807, 2.05) is 19.2 Å². The maximum atomic E-state index is 9.07. The molecule has 1 saturated heterocycles. The van der Waals surface area contributed by atoms with Crippen molar-refractivity contribution in [2.45, 2.75) is 32.2 Å². The minimum Gasteiger partial charge on any atom is -0.310 e. The average molecular weight is 239 g/mol. The van der Waals surface area contributed by atoms with Gasteiger partial charge in [0.25, 0.3) is 0 Å². The minimum atomic E-state index is 0.528. The summed E-state index contributed by atoms with van der Waals surface area (Å²) < 4.78 is 0. The number of nitrogens with zero attached hydrogens (tertiary/aromatic N) is 2. The van der Waals surface area contributed by atoms with Gasteiger partial charge in [0.05, 0.1) is 11.3 Å². The summed E-state index contributed by atoms with van der Waals surface area (Å²) in [7, 11) is 0. The lowest BCUT2D eigenvalue weighted by molar-refractivity contribution is 0.465. The van der Waals surface area contributed by atoms with Gasteiger partial charge in [-0.15, -0.1) is 0 Å². The molecule has 0 saturated carbocycles. The van der Waals surface area contributed by atoms with Crippen LogP contribution in [-0.2, 0) is 0 Å². The van der Waals surface area contributed by atoms with E-state index in [2.05, 4.69) is 22.4 Å². The number of nitriles is 1. The predicted molar refractivity (Wildman–Crippen MR) is 70.8 cm³/mol. The highest BCUT2D eigenvalue weighted by Gasteiger charge is 2.29. The van der Waals surface area contributed by atoms with Crippen LogP contribution in [0.5, 0.6) is 0 Å². The van der Waals surface area contributed by atoms with Gasteiger partial charge in [0.1, 0.15) is 6.07 Å². The van der Waals surface area contributed by atoms with Crippen molar-refractivity contribution in [2.75, 3.05) is 6.54 Å². The third-order valence-corrected chi connectivity index (χ3v) is 4.15. The smallest absolute Gasteiger partial charge is 0.101 e. The Labute approximate surface area is 108 Å². The van der Waals surface area contributed by atoms with E-state index in [0.29, 0.717) is 11.6 Å². The average Bonchev–Trinajstić information content (AvgIpc) is 2.86. The first-order valence-electron chi connectivity index (χ1n) is 6.59. The summed E-state index contributed by atoms with van der Waals surface area (Å²) in [5.41, 5.74) is 3.96. The van der Waals surface area contributed by atoms with Crippen LogP contribution in [-0.4, -0.2) is 17.6 Å². The van der Waals surface area contributed by atoms with Crippen LogP contribution >= 0.6 is 0 Å². The van der Waals surface area contributed by atoms with Gasteiger partial charge < -0.3 is 5.32 Å². The van der Waals surface area contributed by atoms with Gasteiger partial charge in [-0.3, -0.25) is 4.98 Å². The van der Waals surface area contributed by atoms with Gasteiger partial charge in [0.15, 0.2) is 0 Å². The van der Waals surface area contributed by atoms with Gasteiger partial charge in [-0.1, -0.05) is 6.08 Å².